The van der Waals surface area contributed by atoms with Crippen molar-refractivity contribution >= 4 is 28.1 Å². The SMILES string of the molecule is Cc1c(N)cccc1-c1cn(C)c(=O)c(Nc2ccc3[nH]ccc3c2)n1. The summed E-state index contributed by atoms with van der Waals surface area (Å²) in [6.45, 7) is 1.95. The van der Waals surface area contributed by atoms with E-state index in [1.807, 2.05) is 55.6 Å². The molecule has 2 heterocycles. The molecule has 0 fully saturated rings. The number of fused-ring (bicyclic) bond motifs is 1. The highest BCUT2D eigenvalue weighted by atomic mass is 16.1. The van der Waals surface area contributed by atoms with E-state index in [2.05, 4.69) is 15.3 Å². The molecule has 2 aromatic heterocycles. The summed E-state index contributed by atoms with van der Waals surface area (Å²) in [6.07, 6.45) is 3.61. The molecule has 6 nitrogen and oxygen atoms in total. The van der Waals surface area contributed by atoms with Crippen LogP contribution in [0.3, 0.4) is 0 Å². The quantitative estimate of drug-likeness (QED) is 0.495. The van der Waals surface area contributed by atoms with E-state index in [9.17, 15) is 4.79 Å². The van der Waals surface area contributed by atoms with E-state index in [1.165, 1.54) is 4.57 Å². The van der Waals surface area contributed by atoms with Gasteiger partial charge in [0, 0.05) is 47.3 Å². The summed E-state index contributed by atoms with van der Waals surface area (Å²) in [4.78, 5) is 20.2. The Labute approximate surface area is 150 Å². The molecule has 0 unspecified atom stereocenters. The fraction of sp³-hybridized carbons (Fsp3) is 0.100. The number of nitrogen functional groups attached to an aromatic ring is 1. The number of rotatable bonds is 3. The topological polar surface area (TPSA) is 88.7 Å². The zero-order chi connectivity index (χ0) is 18.3. The molecule has 0 aliphatic rings. The number of nitrogens with one attached hydrogen (secondary N) is 2. The Morgan fingerprint density at radius 1 is 1.19 bits per heavy atom. The van der Waals surface area contributed by atoms with E-state index in [0.717, 1.165) is 27.7 Å². The molecule has 26 heavy (non-hydrogen) atoms. The summed E-state index contributed by atoms with van der Waals surface area (Å²) in [7, 11) is 1.72. The van der Waals surface area contributed by atoms with Crippen LogP contribution in [0.2, 0.25) is 0 Å². The number of hydrogen-bond donors (Lipinski definition) is 3. The van der Waals surface area contributed by atoms with Crippen LogP contribution in [0.15, 0.2) is 59.7 Å². The highest BCUT2D eigenvalue weighted by Crippen LogP contribution is 2.26. The molecular weight excluding hydrogens is 326 g/mol. The van der Waals surface area contributed by atoms with Gasteiger partial charge in [0.15, 0.2) is 5.82 Å². The number of aromatic amines is 1. The summed E-state index contributed by atoms with van der Waals surface area (Å²) >= 11 is 0. The first-order valence-corrected chi connectivity index (χ1v) is 8.30. The van der Waals surface area contributed by atoms with Gasteiger partial charge in [0.1, 0.15) is 0 Å². The Kier molecular flexibility index (Phi) is 3.73. The largest absolute Gasteiger partial charge is 0.398 e. The van der Waals surface area contributed by atoms with Gasteiger partial charge in [-0.15, -0.1) is 0 Å². The van der Waals surface area contributed by atoms with Crippen molar-refractivity contribution in [2.45, 2.75) is 6.92 Å². The highest BCUT2D eigenvalue weighted by molar-refractivity contribution is 5.84. The molecule has 130 valence electrons. The number of H-pyrrole nitrogens is 1. The van der Waals surface area contributed by atoms with Crippen molar-refractivity contribution in [3.8, 4) is 11.3 Å². The van der Waals surface area contributed by atoms with Gasteiger partial charge in [-0.25, -0.2) is 4.98 Å². The molecule has 0 spiro atoms. The Morgan fingerprint density at radius 3 is 2.88 bits per heavy atom. The van der Waals surface area contributed by atoms with E-state index in [0.29, 0.717) is 11.4 Å². The van der Waals surface area contributed by atoms with Gasteiger partial charge < -0.3 is 20.6 Å². The zero-order valence-corrected chi connectivity index (χ0v) is 14.6. The summed E-state index contributed by atoms with van der Waals surface area (Å²) in [5.74, 6) is 0.279. The second-order valence-corrected chi connectivity index (χ2v) is 6.32. The minimum atomic E-state index is -0.190. The maximum atomic E-state index is 12.5. The Balaban J connectivity index is 1.79. The second-order valence-electron chi connectivity index (χ2n) is 6.32. The number of aryl methyl sites for hydroxylation is 1. The van der Waals surface area contributed by atoms with Crippen molar-refractivity contribution in [2.75, 3.05) is 11.1 Å². The number of hydrogen-bond acceptors (Lipinski definition) is 4. The lowest BCUT2D eigenvalue weighted by Crippen LogP contribution is -2.21. The zero-order valence-electron chi connectivity index (χ0n) is 14.6. The molecular formula is C20H19N5O. The van der Waals surface area contributed by atoms with Crippen molar-refractivity contribution < 1.29 is 0 Å². The van der Waals surface area contributed by atoms with Gasteiger partial charge in [-0.3, -0.25) is 4.79 Å². The van der Waals surface area contributed by atoms with Crippen molar-refractivity contribution in [3.05, 3.63) is 70.8 Å². The number of nitrogens with zero attached hydrogens (tertiary/aromatic N) is 2. The molecule has 4 rings (SSSR count). The molecule has 0 saturated carbocycles. The summed E-state index contributed by atoms with van der Waals surface area (Å²) in [6, 6.07) is 13.5. The van der Waals surface area contributed by atoms with Crippen molar-refractivity contribution in [1.29, 1.82) is 0 Å². The summed E-state index contributed by atoms with van der Waals surface area (Å²) < 4.78 is 1.53. The molecule has 0 aliphatic carbocycles. The Bertz CT molecular complexity index is 1170. The summed E-state index contributed by atoms with van der Waals surface area (Å²) in [5.41, 5.74) is 10.9. The molecule has 0 atom stereocenters. The van der Waals surface area contributed by atoms with E-state index in [-0.39, 0.29) is 11.4 Å². The first-order chi connectivity index (χ1) is 12.5. The lowest BCUT2D eigenvalue weighted by Gasteiger charge is -2.12. The van der Waals surface area contributed by atoms with Crippen LogP contribution in [0.5, 0.6) is 0 Å². The van der Waals surface area contributed by atoms with Gasteiger partial charge >= 0.3 is 0 Å². The van der Waals surface area contributed by atoms with Crippen LogP contribution >= 0.6 is 0 Å². The third kappa shape index (κ3) is 2.71. The third-order valence-corrected chi connectivity index (χ3v) is 4.54. The molecule has 4 aromatic rings. The van der Waals surface area contributed by atoms with Gasteiger partial charge in [0.25, 0.3) is 5.56 Å². The molecule has 0 saturated heterocycles. The van der Waals surface area contributed by atoms with Gasteiger partial charge in [-0.1, -0.05) is 12.1 Å². The van der Waals surface area contributed by atoms with Crippen LogP contribution in [-0.2, 0) is 7.05 Å². The lowest BCUT2D eigenvalue weighted by molar-refractivity contribution is 0.848. The van der Waals surface area contributed by atoms with E-state index in [1.54, 1.807) is 13.2 Å². The van der Waals surface area contributed by atoms with Crippen molar-refractivity contribution in [1.82, 2.24) is 14.5 Å². The van der Waals surface area contributed by atoms with Crippen LogP contribution in [0, 0.1) is 6.92 Å². The van der Waals surface area contributed by atoms with Gasteiger partial charge in [0.2, 0.25) is 0 Å². The van der Waals surface area contributed by atoms with E-state index in [4.69, 9.17) is 5.73 Å². The standard InChI is InChI=1S/C20H19N5O/c1-12-15(4-3-5-16(12)21)18-11-25(2)20(26)19(24-18)23-14-6-7-17-13(10-14)8-9-22-17/h3-11,22H,21H2,1-2H3,(H,23,24). The van der Waals surface area contributed by atoms with Gasteiger partial charge in [-0.05, 0) is 42.8 Å². The van der Waals surface area contributed by atoms with Gasteiger partial charge in [0.05, 0.1) is 5.69 Å². The maximum absolute atomic E-state index is 12.5. The average molecular weight is 345 g/mol. The lowest BCUT2D eigenvalue weighted by atomic mass is 10.0. The average Bonchev–Trinajstić information content (AvgIpc) is 3.09. The third-order valence-electron chi connectivity index (χ3n) is 4.54. The van der Waals surface area contributed by atoms with Crippen LogP contribution < -0.4 is 16.6 Å². The number of nitrogens with two attached hydrogens (primary N) is 1. The van der Waals surface area contributed by atoms with E-state index >= 15 is 0 Å². The molecule has 6 heteroatoms. The second kappa shape index (κ2) is 6.07. The smallest absolute Gasteiger partial charge is 0.293 e. The van der Waals surface area contributed by atoms with Crippen molar-refractivity contribution in [2.24, 2.45) is 7.05 Å². The molecule has 4 N–H and O–H groups in total. The molecule has 2 aromatic carbocycles. The van der Waals surface area contributed by atoms with E-state index < -0.39 is 0 Å². The normalized spacial score (nSPS) is 11.0. The number of aromatic nitrogens is 3. The molecule has 0 radical (unpaired) electrons. The van der Waals surface area contributed by atoms with Gasteiger partial charge in [-0.2, -0.15) is 0 Å². The first-order valence-electron chi connectivity index (χ1n) is 8.30. The molecule has 0 amide bonds. The monoisotopic (exact) mass is 345 g/mol. The van der Waals surface area contributed by atoms with Crippen LogP contribution in [0.1, 0.15) is 5.56 Å². The van der Waals surface area contributed by atoms with Crippen molar-refractivity contribution in [3.63, 3.8) is 0 Å². The van der Waals surface area contributed by atoms with Crippen LogP contribution in [0.25, 0.3) is 22.2 Å². The fourth-order valence-electron chi connectivity index (χ4n) is 3.02. The number of anilines is 3. The minimum absolute atomic E-state index is 0.190. The maximum Gasteiger partial charge on any atom is 0.293 e. The predicted octanol–water partition coefficient (Wildman–Crippen LogP) is 3.56. The Morgan fingerprint density at radius 2 is 2.04 bits per heavy atom. The summed E-state index contributed by atoms with van der Waals surface area (Å²) in [5, 5.41) is 4.21. The molecule has 0 bridgehead atoms. The number of benzene rings is 2. The Hall–Kier alpha value is -3.54. The highest BCUT2D eigenvalue weighted by Gasteiger charge is 2.12. The van der Waals surface area contributed by atoms with Crippen LogP contribution in [0.4, 0.5) is 17.2 Å². The predicted molar refractivity (Wildman–Crippen MR) is 106 cm³/mol. The molecule has 0 aliphatic heterocycles. The minimum Gasteiger partial charge on any atom is -0.398 e. The first kappa shape index (κ1) is 16.0. The fourth-order valence-corrected chi connectivity index (χ4v) is 3.02. The van der Waals surface area contributed by atoms with Crippen LogP contribution in [-0.4, -0.2) is 14.5 Å².